The highest BCUT2D eigenvalue weighted by Crippen LogP contribution is 2.19. The Bertz CT molecular complexity index is 699. The molecule has 1 aliphatic rings. The summed E-state index contributed by atoms with van der Waals surface area (Å²) >= 11 is 5.88. The maximum atomic E-state index is 13.7. The number of benzene rings is 1. The number of carbonyl (C=O) groups excluding carboxylic acids is 1. The minimum absolute atomic E-state index is 0.0780. The van der Waals surface area contributed by atoms with Crippen molar-refractivity contribution in [1.29, 1.82) is 0 Å². The second-order valence-electron chi connectivity index (χ2n) is 5.30. The van der Waals surface area contributed by atoms with Crippen LogP contribution < -0.4 is 10.2 Å². The summed E-state index contributed by atoms with van der Waals surface area (Å²) in [5.74, 6) is 0.103. The fourth-order valence-corrected chi connectivity index (χ4v) is 2.81. The van der Waals surface area contributed by atoms with Gasteiger partial charge in [0.25, 0.3) is 5.91 Å². The minimum atomic E-state index is -0.651. The van der Waals surface area contributed by atoms with Crippen LogP contribution in [-0.4, -0.2) is 29.0 Å². The third-order valence-electron chi connectivity index (χ3n) is 3.72. The molecule has 1 N–H and O–H groups in total. The van der Waals surface area contributed by atoms with Crippen LogP contribution in [0.3, 0.4) is 0 Å². The molecule has 3 rings (SSSR count). The van der Waals surface area contributed by atoms with Gasteiger partial charge in [-0.15, -0.1) is 0 Å². The Morgan fingerprint density at radius 1 is 1.30 bits per heavy atom. The third kappa shape index (κ3) is 3.59. The number of hydrogen-bond acceptors (Lipinski definition) is 4. The number of nitrogens with one attached hydrogen (secondary N) is 1. The van der Waals surface area contributed by atoms with E-state index >= 15 is 0 Å². The molecular weight excluding hydrogens is 319 g/mol. The van der Waals surface area contributed by atoms with Gasteiger partial charge in [0, 0.05) is 19.3 Å². The van der Waals surface area contributed by atoms with Crippen molar-refractivity contribution in [2.45, 2.75) is 19.4 Å². The van der Waals surface area contributed by atoms with E-state index in [0.29, 0.717) is 5.82 Å². The Labute approximate surface area is 138 Å². The van der Waals surface area contributed by atoms with Crippen molar-refractivity contribution in [3.05, 3.63) is 52.7 Å². The summed E-state index contributed by atoms with van der Waals surface area (Å²) < 4.78 is 13.7. The summed E-state index contributed by atoms with van der Waals surface area (Å²) in [6, 6.07) is 5.98. The van der Waals surface area contributed by atoms with Crippen LogP contribution in [0.4, 0.5) is 10.2 Å². The van der Waals surface area contributed by atoms with E-state index in [1.54, 1.807) is 6.20 Å². The molecule has 0 spiro atoms. The summed E-state index contributed by atoms with van der Waals surface area (Å²) in [7, 11) is 0. The summed E-state index contributed by atoms with van der Waals surface area (Å²) in [5.41, 5.74) is -0.162. The van der Waals surface area contributed by atoms with Gasteiger partial charge in [-0.05, 0) is 31.0 Å². The molecule has 7 heteroatoms. The topological polar surface area (TPSA) is 58.1 Å². The van der Waals surface area contributed by atoms with E-state index in [-0.39, 0.29) is 17.1 Å². The average Bonchev–Trinajstić information content (AvgIpc) is 3.07. The Balaban J connectivity index is 1.68. The zero-order valence-corrected chi connectivity index (χ0v) is 13.2. The van der Waals surface area contributed by atoms with Gasteiger partial charge >= 0.3 is 0 Å². The second-order valence-corrected chi connectivity index (χ2v) is 5.71. The Kier molecular flexibility index (Phi) is 4.71. The second kappa shape index (κ2) is 6.91. The van der Waals surface area contributed by atoms with Gasteiger partial charge in [-0.1, -0.05) is 17.7 Å². The van der Waals surface area contributed by atoms with Crippen LogP contribution in [0.1, 0.15) is 29.0 Å². The first-order valence-corrected chi connectivity index (χ1v) is 7.82. The van der Waals surface area contributed by atoms with Gasteiger partial charge in [0.05, 0.1) is 17.1 Å². The molecule has 1 aromatic carbocycles. The lowest BCUT2D eigenvalue weighted by Gasteiger charge is -2.16. The molecule has 1 aromatic heterocycles. The summed E-state index contributed by atoms with van der Waals surface area (Å²) in [6.07, 6.45) is 3.97. The molecule has 2 aromatic rings. The Hall–Kier alpha value is -2.21. The van der Waals surface area contributed by atoms with Gasteiger partial charge in [-0.2, -0.15) is 0 Å². The van der Waals surface area contributed by atoms with E-state index in [9.17, 15) is 9.18 Å². The molecule has 2 heterocycles. The lowest BCUT2D eigenvalue weighted by atomic mass is 10.2. The molecule has 5 nitrogen and oxygen atoms in total. The van der Waals surface area contributed by atoms with Crippen molar-refractivity contribution < 1.29 is 9.18 Å². The van der Waals surface area contributed by atoms with Crippen LogP contribution in [0, 0.1) is 5.82 Å². The number of hydrogen-bond donors (Lipinski definition) is 1. The number of amides is 1. The van der Waals surface area contributed by atoms with Gasteiger partial charge < -0.3 is 10.2 Å². The van der Waals surface area contributed by atoms with Crippen molar-refractivity contribution in [1.82, 2.24) is 15.3 Å². The zero-order valence-electron chi connectivity index (χ0n) is 12.4. The molecule has 0 atom stereocenters. The number of rotatable bonds is 4. The monoisotopic (exact) mass is 334 g/mol. The first-order valence-electron chi connectivity index (χ1n) is 7.44. The summed E-state index contributed by atoms with van der Waals surface area (Å²) in [6.45, 7) is 2.08. The predicted octanol–water partition coefficient (Wildman–Crippen LogP) is 2.80. The third-order valence-corrected chi connectivity index (χ3v) is 4.03. The standard InChI is InChI=1S/C16H16ClFN4O/c17-11-4-3-5-12(18)15(11)16(23)20-10-13-19-7-6-14(21-13)22-8-1-2-9-22/h3-7H,1-2,8-10H2,(H,20,23). The largest absolute Gasteiger partial charge is 0.357 e. The maximum absolute atomic E-state index is 13.7. The fraction of sp³-hybridized carbons (Fsp3) is 0.312. The average molecular weight is 335 g/mol. The van der Waals surface area contributed by atoms with E-state index in [4.69, 9.17) is 11.6 Å². The molecule has 0 aliphatic carbocycles. The van der Waals surface area contributed by atoms with E-state index in [2.05, 4.69) is 20.2 Å². The maximum Gasteiger partial charge on any atom is 0.256 e. The summed E-state index contributed by atoms with van der Waals surface area (Å²) in [5, 5.41) is 2.69. The highest BCUT2D eigenvalue weighted by Gasteiger charge is 2.17. The molecule has 120 valence electrons. The lowest BCUT2D eigenvalue weighted by Crippen LogP contribution is -2.26. The van der Waals surface area contributed by atoms with E-state index in [0.717, 1.165) is 31.7 Å². The molecule has 1 amide bonds. The zero-order chi connectivity index (χ0) is 16.2. The SMILES string of the molecule is O=C(NCc1nccc(N2CCCC2)n1)c1c(F)cccc1Cl. The lowest BCUT2D eigenvalue weighted by molar-refractivity contribution is 0.0946. The fourth-order valence-electron chi connectivity index (χ4n) is 2.56. The van der Waals surface area contributed by atoms with Gasteiger partial charge in [0.2, 0.25) is 0 Å². The first-order chi connectivity index (χ1) is 11.1. The van der Waals surface area contributed by atoms with Crippen LogP contribution in [0.2, 0.25) is 5.02 Å². The first kappa shape index (κ1) is 15.7. The van der Waals surface area contributed by atoms with Crippen LogP contribution in [-0.2, 0) is 6.54 Å². The van der Waals surface area contributed by atoms with Crippen molar-refractivity contribution >= 4 is 23.3 Å². The molecule has 23 heavy (non-hydrogen) atoms. The molecule has 1 fully saturated rings. The molecular formula is C16H16ClFN4O. The normalized spacial score (nSPS) is 14.1. The molecule has 0 bridgehead atoms. The highest BCUT2D eigenvalue weighted by atomic mass is 35.5. The highest BCUT2D eigenvalue weighted by molar-refractivity contribution is 6.33. The van der Waals surface area contributed by atoms with Crippen molar-refractivity contribution in [2.75, 3.05) is 18.0 Å². The van der Waals surface area contributed by atoms with Gasteiger partial charge in [0.1, 0.15) is 17.5 Å². The van der Waals surface area contributed by atoms with Crippen LogP contribution in [0.5, 0.6) is 0 Å². The number of carbonyl (C=O) groups is 1. The Morgan fingerprint density at radius 2 is 2.09 bits per heavy atom. The molecule has 1 aliphatic heterocycles. The molecule has 0 saturated carbocycles. The molecule has 1 saturated heterocycles. The van der Waals surface area contributed by atoms with E-state index in [1.807, 2.05) is 6.07 Å². The number of halogens is 2. The number of anilines is 1. The summed E-state index contributed by atoms with van der Waals surface area (Å²) in [4.78, 5) is 22.9. The van der Waals surface area contributed by atoms with E-state index < -0.39 is 11.7 Å². The minimum Gasteiger partial charge on any atom is -0.357 e. The van der Waals surface area contributed by atoms with Gasteiger partial charge in [-0.3, -0.25) is 4.79 Å². The predicted molar refractivity (Wildman–Crippen MR) is 86.1 cm³/mol. The van der Waals surface area contributed by atoms with E-state index in [1.165, 1.54) is 18.2 Å². The van der Waals surface area contributed by atoms with Crippen LogP contribution in [0.15, 0.2) is 30.5 Å². The van der Waals surface area contributed by atoms with Gasteiger partial charge in [-0.25, -0.2) is 14.4 Å². The van der Waals surface area contributed by atoms with Crippen LogP contribution >= 0.6 is 11.6 Å². The molecule has 0 radical (unpaired) electrons. The van der Waals surface area contributed by atoms with Crippen molar-refractivity contribution in [2.24, 2.45) is 0 Å². The number of aromatic nitrogens is 2. The number of nitrogens with zero attached hydrogens (tertiary/aromatic N) is 3. The Morgan fingerprint density at radius 3 is 2.83 bits per heavy atom. The van der Waals surface area contributed by atoms with Gasteiger partial charge in [0.15, 0.2) is 0 Å². The molecule has 0 unspecified atom stereocenters. The smallest absolute Gasteiger partial charge is 0.256 e. The quantitative estimate of drug-likeness (QED) is 0.934. The van der Waals surface area contributed by atoms with Crippen molar-refractivity contribution in [3.63, 3.8) is 0 Å². The van der Waals surface area contributed by atoms with Crippen LogP contribution in [0.25, 0.3) is 0 Å². The van der Waals surface area contributed by atoms with Crippen molar-refractivity contribution in [3.8, 4) is 0 Å².